The van der Waals surface area contributed by atoms with E-state index in [-0.39, 0.29) is 5.91 Å². The number of imidazole rings is 1. The summed E-state index contributed by atoms with van der Waals surface area (Å²) in [6, 6.07) is 8.01. The first-order valence-corrected chi connectivity index (χ1v) is 7.67. The molecule has 6 nitrogen and oxygen atoms in total. The number of carbonyl (C=O) groups excluding carboxylic acids is 1. The average Bonchev–Trinajstić information content (AvgIpc) is 2.84. The van der Waals surface area contributed by atoms with Gasteiger partial charge in [-0.1, -0.05) is 12.1 Å². The van der Waals surface area contributed by atoms with Gasteiger partial charge in [-0.25, -0.2) is 4.98 Å². The molecular weight excluding hydrogens is 280 g/mol. The topological polar surface area (TPSA) is 82.2 Å². The Kier molecular flexibility index (Phi) is 4.13. The highest BCUT2D eigenvalue weighted by Crippen LogP contribution is 2.18. The molecule has 2 heterocycles. The van der Waals surface area contributed by atoms with Crippen molar-refractivity contribution in [1.82, 2.24) is 14.9 Å². The van der Waals surface area contributed by atoms with Crippen LogP contribution in [0.5, 0.6) is 0 Å². The first kappa shape index (κ1) is 15.0. The molecule has 1 fully saturated rings. The molecule has 1 aromatic carbocycles. The number of carbonyl (C=O) groups is 1. The fraction of sp³-hybridized carbons (Fsp3) is 0.500. The van der Waals surface area contributed by atoms with Crippen molar-refractivity contribution >= 4 is 16.9 Å². The Hall–Kier alpha value is -1.92. The Morgan fingerprint density at radius 3 is 2.91 bits per heavy atom. The molecule has 0 radical (unpaired) electrons. The lowest BCUT2D eigenvalue weighted by Gasteiger charge is -2.31. The third-order valence-electron chi connectivity index (χ3n) is 4.30. The molecule has 1 aliphatic heterocycles. The number of rotatable bonds is 4. The molecule has 1 saturated heterocycles. The number of para-hydroxylation sites is 2. The first-order valence-electron chi connectivity index (χ1n) is 7.67. The van der Waals surface area contributed by atoms with E-state index in [4.69, 9.17) is 10.5 Å². The zero-order valence-electron chi connectivity index (χ0n) is 12.8. The fourth-order valence-corrected chi connectivity index (χ4v) is 2.90. The van der Waals surface area contributed by atoms with Crippen LogP contribution in [0.15, 0.2) is 24.3 Å². The van der Waals surface area contributed by atoms with Crippen molar-refractivity contribution in [2.24, 2.45) is 5.73 Å². The molecule has 118 valence electrons. The molecule has 2 aromatic rings. The largest absolute Gasteiger partial charge is 0.381 e. The highest BCUT2D eigenvalue weighted by molar-refractivity contribution is 5.86. The minimum Gasteiger partial charge on any atom is -0.381 e. The van der Waals surface area contributed by atoms with Crippen molar-refractivity contribution in [2.45, 2.75) is 31.8 Å². The van der Waals surface area contributed by atoms with E-state index >= 15 is 0 Å². The standard InChI is InChI=1S/C16H22N4O2/c1-12-19-13-4-2-3-5-14(13)20(12)9-8-18-15(21)16(17)6-10-22-11-7-16/h2-5H,6-11,17H2,1H3,(H,18,21). The number of nitrogens with two attached hydrogens (primary N) is 1. The Morgan fingerprint density at radius 1 is 1.41 bits per heavy atom. The summed E-state index contributed by atoms with van der Waals surface area (Å²) in [5.41, 5.74) is 7.45. The van der Waals surface area contributed by atoms with E-state index in [2.05, 4.69) is 14.9 Å². The van der Waals surface area contributed by atoms with Crippen LogP contribution in [-0.2, 0) is 16.1 Å². The molecule has 1 aromatic heterocycles. The van der Waals surface area contributed by atoms with Gasteiger partial charge in [-0.15, -0.1) is 0 Å². The Morgan fingerprint density at radius 2 is 2.14 bits per heavy atom. The van der Waals surface area contributed by atoms with Gasteiger partial charge >= 0.3 is 0 Å². The van der Waals surface area contributed by atoms with Crippen LogP contribution < -0.4 is 11.1 Å². The van der Waals surface area contributed by atoms with E-state index in [0.29, 0.717) is 39.1 Å². The number of aromatic nitrogens is 2. The fourth-order valence-electron chi connectivity index (χ4n) is 2.90. The lowest BCUT2D eigenvalue weighted by Crippen LogP contribution is -2.57. The van der Waals surface area contributed by atoms with Crippen LogP contribution in [0, 0.1) is 6.92 Å². The number of hydrogen-bond acceptors (Lipinski definition) is 4. The van der Waals surface area contributed by atoms with Gasteiger partial charge in [0.1, 0.15) is 5.82 Å². The number of nitrogens with zero attached hydrogens (tertiary/aromatic N) is 2. The predicted octanol–water partition coefficient (Wildman–Crippen LogP) is 0.969. The van der Waals surface area contributed by atoms with E-state index in [1.165, 1.54) is 0 Å². The van der Waals surface area contributed by atoms with Gasteiger partial charge in [0.2, 0.25) is 5.91 Å². The molecule has 0 spiro atoms. The summed E-state index contributed by atoms with van der Waals surface area (Å²) in [5, 5.41) is 2.95. The van der Waals surface area contributed by atoms with Gasteiger partial charge in [0.25, 0.3) is 0 Å². The van der Waals surface area contributed by atoms with Crippen molar-refractivity contribution in [3.63, 3.8) is 0 Å². The van der Waals surface area contributed by atoms with E-state index < -0.39 is 5.54 Å². The van der Waals surface area contributed by atoms with Gasteiger partial charge in [-0.2, -0.15) is 0 Å². The summed E-state index contributed by atoms with van der Waals surface area (Å²) in [4.78, 5) is 16.8. The van der Waals surface area contributed by atoms with E-state index in [1.807, 2.05) is 31.2 Å². The zero-order valence-corrected chi connectivity index (χ0v) is 12.8. The third kappa shape index (κ3) is 2.84. The summed E-state index contributed by atoms with van der Waals surface area (Å²) in [6.45, 7) is 4.31. The van der Waals surface area contributed by atoms with Crippen molar-refractivity contribution in [2.75, 3.05) is 19.8 Å². The van der Waals surface area contributed by atoms with Gasteiger partial charge in [0.15, 0.2) is 0 Å². The number of nitrogens with one attached hydrogen (secondary N) is 1. The second-order valence-corrected chi connectivity index (χ2v) is 5.82. The second kappa shape index (κ2) is 6.06. The Labute approximate surface area is 129 Å². The molecule has 0 unspecified atom stereocenters. The molecule has 6 heteroatoms. The first-order chi connectivity index (χ1) is 10.6. The van der Waals surface area contributed by atoms with Crippen molar-refractivity contribution in [1.29, 1.82) is 0 Å². The third-order valence-corrected chi connectivity index (χ3v) is 4.30. The molecule has 1 aliphatic rings. The molecule has 0 atom stereocenters. The Bertz CT molecular complexity index is 674. The number of fused-ring (bicyclic) bond motifs is 1. The average molecular weight is 302 g/mol. The number of amides is 1. The summed E-state index contributed by atoms with van der Waals surface area (Å²) < 4.78 is 7.38. The molecule has 0 bridgehead atoms. The molecule has 22 heavy (non-hydrogen) atoms. The predicted molar refractivity (Wildman–Crippen MR) is 84.5 cm³/mol. The second-order valence-electron chi connectivity index (χ2n) is 5.82. The smallest absolute Gasteiger partial charge is 0.240 e. The van der Waals surface area contributed by atoms with E-state index in [0.717, 1.165) is 16.9 Å². The maximum Gasteiger partial charge on any atom is 0.240 e. The molecule has 1 amide bonds. The number of ether oxygens (including phenoxy) is 1. The van der Waals surface area contributed by atoms with Gasteiger partial charge < -0.3 is 20.4 Å². The molecule has 0 aliphatic carbocycles. The number of benzene rings is 1. The monoisotopic (exact) mass is 302 g/mol. The van der Waals surface area contributed by atoms with Crippen LogP contribution in [0.25, 0.3) is 11.0 Å². The highest BCUT2D eigenvalue weighted by atomic mass is 16.5. The van der Waals surface area contributed by atoms with Crippen molar-refractivity contribution in [3.8, 4) is 0 Å². The summed E-state index contributed by atoms with van der Waals surface area (Å²) >= 11 is 0. The Balaban J connectivity index is 1.62. The summed E-state index contributed by atoms with van der Waals surface area (Å²) in [6.07, 6.45) is 1.15. The zero-order chi connectivity index (χ0) is 15.6. The van der Waals surface area contributed by atoms with Crippen LogP contribution in [-0.4, -0.2) is 40.8 Å². The summed E-state index contributed by atoms with van der Waals surface area (Å²) in [7, 11) is 0. The van der Waals surface area contributed by atoms with Crippen LogP contribution >= 0.6 is 0 Å². The van der Waals surface area contributed by atoms with Crippen LogP contribution in [0.3, 0.4) is 0 Å². The van der Waals surface area contributed by atoms with Crippen molar-refractivity contribution < 1.29 is 9.53 Å². The quantitative estimate of drug-likeness (QED) is 0.881. The normalized spacial score (nSPS) is 17.5. The van der Waals surface area contributed by atoms with E-state index in [9.17, 15) is 4.79 Å². The van der Waals surface area contributed by atoms with Gasteiger partial charge in [0, 0.05) is 26.3 Å². The maximum atomic E-state index is 12.3. The molecular formula is C16H22N4O2. The van der Waals surface area contributed by atoms with Crippen LogP contribution in [0.4, 0.5) is 0 Å². The van der Waals surface area contributed by atoms with Crippen LogP contribution in [0.1, 0.15) is 18.7 Å². The lowest BCUT2D eigenvalue weighted by atomic mass is 9.90. The van der Waals surface area contributed by atoms with Gasteiger partial charge in [0.05, 0.1) is 16.6 Å². The van der Waals surface area contributed by atoms with Crippen molar-refractivity contribution in [3.05, 3.63) is 30.1 Å². The number of hydrogen-bond donors (Lipinski definition) is 2. The minimum absolute atomic E-state index is 0.0853. The van der Waals surface area contributed by atoms with Crippen LogP contribution in [0.2, 0.25) is 0 Å². The highest BCUT2D eigenvalue weighted by Gasteiger charge is 2.35. The lowest BCUT2D eigenvalue weighted by molar-refractivity contribution is -0.129. The molecule has 3 rings (SSSR count). The maximum absolute atomic E-state index is 12.3. The minimum atomic E-state index is -0.787. The van der Waals surface area contributed by atoms with E-state index in [1.54, 1.807) is 0 Å². The van der Waals surface area contributed by atoms with Gasteiger partial charge in [-0.3, -0.25) is 4.79 Å². The SMILES string of the molecule is Cc1nc2ccccc2n1CCNC(=O)C1(N)CCOCC1. The molecule has 3 N–H and O–H groups in total. The van der Waals surface area contributed by atoms with Gasteiger partial charge in [-0.05, 0) is 31.9 Å². The number of aryl methyl sites for hydroxylation is 1. The summed E-state index contributed by atoms with van der Waals surface area (Å²) in [5.74, 6) is 0.863. The molecule has 0 saturated carbocycles.